The minimum absolute atomic E-state index is 0.0515. The predicted octanol–water partition coefficient (Wildman–Crippen LogP) is 4.77. The van der Waals surface area contributed by atoms with Crippen molar-refractivity contribution < 1.29 is 13.2 Å². The zero-order chi connectivity index (χ0) is 17.6. The van der Waals surface area contributed by atoms with Crippen LogP contribution in [0.4, 0.5) is 18.9 Å². The number of aromatic nitrogens is 1. The van der Waals surface area contributed by atoms with Crippen LogP contribution in [0, 0.1) is 0 Å². The third-order valence-corrected chi connectivity index (χ3v) is 5.55. The molecule has 0 N–H and O–H groups in total. The molecule has 4 rings (SSSR count). The van der Waals surface area contributed by atoms with E-state index in [1.165, 1.54) is 35.6 Å². The van der Waals surface area contributed by atoms with Gasteiger partial charge in [0.2, 0.25) is 0 Å². The Bertz CT molecular complexity index is 961. The second kappa shape index (κ2) is 5.98. The molecule has 0 atom stereocenters. The summed E-state index contributed by atoms with van der Waals surface area (Å²) >= 11 is 1.18. The maximum absolute atomic E-state index is 13.6. The predicted molar refractivity (Wildman–Crippen MR) is 93.6 cm³/mol. The Morgan fingerprint density at radius 3 is 2.52 bits per heavy atom. The number of benzene rings is 2. The van der Waals surface area contributed by atoms with Gasteiger partial charge in [0.15, 0.2) is 5.43 Å². The largest absolute Gasteiger partial charge is 0.418 e. The fourth-order valence-electron chi connectivity index (χ4n) is 3.24. The quantitative estimate of drug-likeness (QED) is 0.583. The van der Waals surface area contributed by atoms with E-state index in [1.807, 2.05) is 4.90 Å². The zero-order valence-electron chi connectivity index (χ0n) is 13.3. The van der Waals surface area contributed by atoms with Gasteiger partial charge in [0.25, 0.3) is 0 Å². The lowest BCUT2D eigenvalue weighted by molar-refractivity contribution is -0.136. The number of hydrogen-bond acceptors (Lipinski definition) is 4. The van der Waals surface area contributed by atoms with Gasteiger partial charge in [-0.3, -0.25) is 4.79 Å². The molecule has 0 radical (unpaired) electrons. The minimum atomic E-state index is -4.48. The Morgan fingerprint density at radius 2 is 1.80 bits per heavy atom. The Labute approximate surface area is 146 Å². The molecule has 0 saturated carbocycles. The molecule has 2 heterocycles. The van der Waals surface area contributed by atoms with Crippen LogP contribution in [-0.4, -0.2) is 18.1 Å². The minimum Gasteiger partial charge on any atom is -0.371 e. The van der Waals surface area contributed by atoms with Crippen LogP contribution in [-0.2, 0) is 6.18 Å². The lowest BCUT2D eigenvalue weighted by atomic mass is 10.1. The standard InChI is InChI=1S/C18H15F3N2OS/c19-18(20,21)13-8-11(23-6-2-1-3-7-23)9-16-17(13)22-14-5-4-12(24)10-15(14)25-16/h4-5,8-10H,1-3,6-7H2. The van der Waals surface area contributed by atoms with Crippen LogP contribution >= 0.6 is 11.3 Å². The van der Waals surface area contributed by atoms with Crippen molar-refractivity contribution in [2.45, 2.75) is 25.4 Å². The van der Waals surface area contributed by atoms with E-state index in [1.54, 1.807) is 6.07 Å². The molecule has 3 aliphatic rings. The van der Waals surface area contributed by atoms with Crippen LogP contribution in [0.2, 0.25) is 0 Å². The molecule has 1 fully saturated rings. The number of rotatable bonds is 1. The molecule has 1 aromatic carbocycles. The number of anilines is 1. The molecule has 25 heavy (non-hydrogen) atoms. The molecule has 130 valence electrons. The summed E-state index contributed by atoms with van der Waals surface area (Å²) in [5.74, 6) is 0. The van der Waals surface area contributed by atoms with Gasteiger partial charge in [-0.15, -0.1) is 11.3 Å². The first kappa shape index (κ1) is 16.3. The normalized spacial score (nSPS) is 15.9. The zero-order valence-corrected chi connectivity index (χ0v) is 14.1. The van der Waals surface area contributed by atoms with Crippen LogP contribution in [0.3, 0.4) is 0 Å². The van der Waals surface area contributed by atoms with Gasteiger partial charge in [-0.25, -0.2) is 4.98 Å². The van der Waals surface area contributed by atoms with E-state index in [2.05, 4.69) is 4.98 Å². The molecule has 0 unspecified atom stereocenters. The molecule has 7 heteroatoms. The van der Waals surface area contributed by atoms with Crippen molar-refractivity contribution in [3.8, 4) is 10.6 Å². The van der Waals surface area contributed by atoms with Gasteiger partial charge in [0.1, 0.15) is 0 Å². The maximum Gasteiger partial charge on any atom is 0.418 e. The van der Waals surface area contributed by atoms with E-state index >= 15 is 0 Å². The van der Waals surface area contributed by atoms with Crippen LogP contribution in [0.5, 0.6) is 0 Å². The number of alkyl halides is 3. The van der Waals surface area contributed by atoms with Crippen molar-refractivity contribution in [1.29, 1.82) is 0 Å². The maximum atomic E-state index is 13.6. The third-order valence-electron chi connectivity index (χ3n) is 4.47. The summed E-state index contributed by atoms with van der Waals surface area (Å²) in [5.41, 5.74) is 0.0518. The molecule has 2 aliphatic heterocycles. The first-order chi connectivity index (χ1) is 11.9. The van der Waals surface area contributed by atoms with E-state index in [4.69, 9.17) is 0 Å². The van der Waals surface area contributed by atoms with E-state index in [9.17, 15) is 18.0 Å². The van der Waals surface area contributed by atoms with E-state index in [0.29, 0.717) is 21.0 Å². The summed E-state index contributed by atoms with van der Waals surface area (Å²) in [6.07, 6.45) is -1.40. The Hall–Kier alpha value is -2.15. The molecule has 1 aliphatic carbocycles. The number of piperidine rings is 1. The first-order valence-electron chi connectivity index (χ1n) is 8.13. The number of hydrogen-bond donors (Lipinski definition) is 0. The summed E-state index contributed by atoms with van der Waals surface area (Å²) in [7, 11) is 0. The summed E-state index contributed by atoms with van der Waals surface area (Å²) in [6, 6.07) is 7.20. The number of halogens is 3. The highest BCUT2D eigenvalue weighted by Gasteiger charge is 2.35. The van der Waals surface area contributed by atoms with E-state index < -0.39 is 11.7 Å². The van der Waals surface area contributed by atoms with Gasteiger partial charge in [-0.1, -0.05) is 0 Å². The van der Waals surface area contributed by atoms with Gasteiger partial charge in [-0.2, -0.15) is 13.2 Å². The van der Waals surface area contributed by atoms with Gasteiger partial charge >= 0.3 is 6.18 Å². The SMILES string of the molecule is O=c1ccc2nc3c(C(F)(F)F)cc(N4CCCCC4)cc3sc-2c1. The second-order valence-electron chi connectivity index (χ2n) is 6.23. The van der Waals surface area contributed by atoms with Crippen LogP contribution < -0.4 is 10.3 Å². The number of fused-ring (bicyclic) bond motifs is 2. The van der Waals surface area contributed by atoms with Gasteiger partial charge in [-0.05, 0) is 43.5 Å². The highest BCUT2D eigenvalue weighted by atomic mass is 32.1. The molecular weight excluding hydrogens is 349 g/mol. The van der Waals surface area contributed by atoms with E-state index in [0.717, 1.165) is 32.4 Å². The van der Waals surface area contributed by atoms with Crippen LogP contribution in [0.1, 0.15) is 24.8 Å². The third kappa shape index (κ3) is 3.08. The van der Waals surface area contributed by atoms with Crippen molar-refractivity contribution in [3.05, 3.63) is 46.1 Å². The fourth-order valence-corrected chi connectivity index (χ4v) is 4.31. The highest BCUT2D eigenvalue weighted by molar-refractivity contribution is 7.21. The topological polar surface area (TPSA) is 33.2 Å². The Balaban J connectivity index is 1.99. The van der Waals surface area contributed by atoms with Crippen LogP contribution in [0.15, 0.2) is 35.1 Å². The van der Waals surface area contributed by atoms with Crippen molar-refractivity contribution >= 4 is 27.2 Å². The lowest BCUT2D eigenvalue weighted by Gasteiger charge is -2.29. The first-order valence-corrected chi connectivity index (χ1v) is 8.94. The molecule has 0 spiro atoms. The van der Waals surface area contributed by atoms with Crippen molar-refractivity contribution in [3.63, 3.8) is 0 Å². The van der Waals surface area contributed by atoms with Crippen LogP contribution in [0.25, 0.3) is 20.8 Å². The second-order valence-corrected chi connectivity index (χ2v) is 7.31. The van der Waals surface area contributed by atoms with Crippen molar-refractivity contribution in [2.24, 2.45) is 0 Å². The molecule has 0 amide bonds. The molecule has 0 bridgehead atoms. The summed E-state index contributed by atoms with van der Waals surface area (Å²) in [6.45, 7) is 1.53. The molecule has 0 aromatic heterocycles. The summed E-state index contributed by atoms with van der Waals surface area (Å²) in [4.78, 5) is 18.4. The molecular formula is C18H15F3N2OS. The smallest absolute Gasteiger partial charge is 0.371 e. The number of nitrogens with zero attached hydrogens (tertiary/aromatic N) is 2. The van der Waals surface area contributed by atoms with Gasteiger partial charge in [0.05, 0.1) is 26.4 Å². The summed E-state index contributed by atoms with van der Waals surface area (Å²) in [5, 5.41) is 0. The van der Waals surface area contributed by atoms with E-state index in [-0.39, 0.29) is 10.9 Å². The highest BCUT2D eigenvalue weighted by Crippen LogP contribution is 2.41. The Morgan fingerprint density at radius 1 is 1.04 bits per heavy atom. The van der Waals surface area contributed by atoms with Gasteiger partial charge in [0, 0.05) is 24.8 Å². The lowest BCUT2D eigenvalue weighted by Crippen LogP contribution is -2.29. The average Bonchev–Trinajstić information content (AvgIpc) is 2.59. The van der Waals surface area contributed by atoms with Crippen molar-refractivity contribution in [1.82, 2.24) is 4.98 Å². The van der Waals surface area contributed by atoms with Gasteiger partial charge < -0.3 is 4.90 Å². The fraction of sp³-hybridized carbons (Fsp3) is 0.333. The van der Waals surface area contributed by atoms with Crippen molar-refractivity contribution in [2.75, 3.05) is 18.0 Å². The molecule has 1 aromatic rings. The molecule has 1 saturated heterocycles. The average molecular weight is 364 g/mol. The Kier molecular flexibility index (Phi) is 3.91. The molecule has 3 nitrogen and oxygen atoms in total. The monoisotopic (exact) mass is 364 g/mol. The summed E-state index contributed by atoms with van der Waals surface area (Å²) < 4.78 is 41.3.